The molecule has 58 heavy (non-hydrogen) atoms. The SMILES string of the molecule is CC=Cc1ccc(C)cc1.Cc1c(C)c2c(C)c(C)c1C=Cc1c(C)c(C)c(c(C)c1C)/C=C\c1c(C)c(C)c(c(C)c1C)/C=C\c1c(C)c(C)c(c(C)c1C)/C=C\2. The van der Waals surface area contributed by atoms with Gasteiger partial charge in [-0.15, -0.1) is 0 Å². The van der Waals surface area contributed by atoms with Crippen LogP contribution in [0.15, 0.2) is 30.3 Å². The van der Waals surface area contributed by atoms with Crippen molar-refractivity contribution in [2.24, 2.45) is 0 Å². The molecule has 8 bridgehead atoms. The molecule has 0 N–H and O–H groups in total. The second-order valence-electron chi connectivity index (χ2n) is 17.1. The van der Waals surface area contributed by atoms with E-state index in [-0.39, 0.29) is 0 Å². The van der Waals surface area contributed by atoms with Crippen LogP contribution in [0.2, 0.25) is 0 Å². The minimum Gasteiger partial charge on any atom is -0.0871 e. The van der Waals surface area contributed by atoms with E-state index in [1.807, 2.05) is 13.0 Å². The smallest absolute Gasteiger partial charge is 0.0192 e. The summed E-state index contributed by atoms with van der Waals surface area (Å²) in [6.07, 6.45) is 23.1. The fourth-order valence-electron chi connectivity index (χ4n) is 9.02. The van der Waals surface area contributed by atoms with Gasteiger partial charge in [-0.3, -0.25) is 0 Å². The highest BCUT2D eigenvalue weighted by Gasteiger charge is 2.18. The first kappa shape index (κ1) is 43.9. The molecule has 0 nitrogen and oxygen atoms in total. The van der Waals surface area contributed by atoms with E-state index in [9.17, 15) is 0 Å². The van der Waals surface area contributed by atoms with Crippen molar-refractivity contribution >= 4 is 54.7 Å². The molecule has 0 radical (unpaired) electrons. The Morgan fingerprint density at radius 1 is 0.241 bits per heavy atom. The first-order chi connectivity index (χ1) is 27.3. The van der Waals surface area contributed by atoms with E-state index >= 15 is 0 Å². The molecule has 0 amide bonds. The second kappa shape index (κ2) is 17.7. The molecule has 5 aromatic carbocycles. The summed E-state index contributed by atoms with van der Waals surface area (Å²) in [6, 6.07) is 8.48. The van der Waals surface area contributed by atoms with Crippen molar-refractivity contribution in [3.05, 3.63) is 175 Å². The zero-order chi connectivity index (χ0) is 42.9. The van der Waals surface area contributed by atoms with Gasteiger partial charge in [-0.2, -0.15) is 0 Å². The molecule has 0 saturated heterocycles. The van der Waals surface area contributed by atoms with Gasteiger partial charge < -0.3 is 0 Å². The van der Waals surface area contributed by atoms with Gasteiger partial charge in [-0.05, 0) is 264 Å². The predicted molar refractivity (Wildman–Crippen MR) is 263 cm³/mol. The van der Waals surface area contributed by atoms with E-state index in [2.05, 4.69) is 197 Å². The van der Waals surface area contributed by atoms with E-state index in [1.165, 1.54) is 145 Å². The van der Waals surface area contributed by atoms with Gasteiger partial charge in [0.15, 0.2) is 0 Å². The van der Waals surface area contributed by atoms with Gasteiger partial charge in [-0.25, -0.2) is 0 Å². The normalized spacial score (nSPS) is 14.0. The average Bonchev–Trinajstić information content (AvgIpc) is 3.20. The van der Waals surface area contributed by atoms with Crippen LogP contribution in [0.1, 0.15) is 152 Å². The first-order valence-corrected chi connectivity index (χ1v) is 21.2. The standard InChI is InChI=1S/C48H56.C10H12/c1-25-26(2)42-19-20-44-33(9)35(11)46(36(12)34(44)10)23-24-48-39(15)37(13)47(38(14)40(48)16)22-21-45-31(7)29(5)43(30(6)32(45)8)18-17-41(25)27(3)28(42)4;1-3-4-10-7-5-9(2)6-8-10/h17-24H,1-16H3;3-8H,1-2H3/b18-17-,20-19-,22-21-,24-23?,41-17?,42-19?,43-18?,44-20?,45-21?,46-23?,47-22?,48-24?;. The van der Waals surface area contributed by atoms with Crippen molar-refractivity contribution in [1.29, 1.82) is 0 Å². The highest BCUT2D eigenvalue weighted by atomic mass is 14.2. The number of allylic oxidation sites excluding steroid dienone is 1. The summed E-state index contributed by atoms with van der Waals surface area (Å²) in [4.78, 5) is 0. The van der Waals surface area contributed by atoms with E-state index in [4.69, 9.17) is 0 Å². The fourth-order valence-corrected chi connectivity index (χ4v) is 9.02. The van der Waals surface area contributed by atoms with Crippen LogP contribution in [0.3, 0.4) is 0 Å². The van der Waals surface area contributed by atoms with Gasteiger partial charge >= 0.3 is 0 Å². The van der Waals surface area contributed by atoms with Gasteiger partial charge in [0.1, 0.15) is 0 Å². The Hall–Kier alpha value is -5.20. The Balaban J connectivity index is 0.000000559. The lowest BCUT2D eigenvalue weighted by Crippen LogP contribution is -2.02. The van der Waals surface area contributed by atoms with Crippen LogP contribution < -0.4 is 0 Å². The summed E-state index contributed by atoms with van der Waals surface area (Å²) in [6.45, 7) is 40.8. The van der Waals surface area contributed by atoms with Gasteiger partial charge in [0.05, 0.1) is 0 Å². The highest BCUT2D eigenvalue weighted by molar-refractivity contribution is 5.87. The molecule has 0 heteroatoms. The van der Waals surface area contributed by atoms with Gasteiger partial charge in [-0.1, -0.05) is 90.6 Å². The van der Waals surface area contributed by atoms with E-state index < -0.39 is 0 Å². The minimum absolute atomic E-state index is 1.27. The molecule has 0 saturated carbocycles. The van der Waals surface area contributed by atoms with E-state index in [1.54, 1.807) is 0 Å². The number of benzene rings is 5. The Kier molecular flexibility index (Phi) is 13.4. The first-order valence-electron chi connectivity index (χ1n) is 21.2. The predicted octanol–water partition coefficient (Wildman–Crippen LogP) is 16.6. The molecule has 0 unspecified atom stereocenters. The molecule has 10 aliphatic carbocycles. The molecule has 300 valence electrons. The molecule has 0 aromatic heterocycles. The largest absolute Gasteiger partial charge is 0.0871 e. The van der Waals surface area contributed by atoms with Gasteiger partial charge in [0, 0.05) is 0 Å². The summed E-state index contributed by atoms with van der Waals surface area (Å²) in [7, 11) is 0. The molecular weight excluding hydrogens is 697 g/mol. The third-order valence-electron chi connectivity index (χ3n) is 14.1. The van der Waals surface area contributed by atoms with Gasteiger partial charge in [0.2, 0.25) is 0 Å². The molecule has 0 spiro atoms. The second-order valence-corrected chi connectivity index (χ2v) is 17.1. The van der Waals surface area contributed by atoms with Crippen molar-refractivity contribution < 1.29 is 0 Å². The molecule has 0 fully saturated rings. The Labute approximate surface area is 352 Å². The lowest BCUT2D eigenvalue weighted by Gasteiger charge is -2.21. The third kappa shape index (κ3) is 8.22. The topological polar surface area (TPSA) is 0 Å². The molecular formula is C58H68. The van der Waals surface area contributed by atoms with Crippen molar-refractivity contribution in [2.45, 2.75) is 125 Å². The summed E-state index contributed by atoms with van der Waals surface area (Å²) >= 11 is 0. The van der Waals surface area contributed by atoms with Crippen molar-refractivity contribution in [3.8, 4) is 0 Å². The monoisotopic (exact) mass is 765 g/mol. The summed E-state index contributed by atoms with van der Waals surface area (Å²) in [5, 5.41) is 0. The number of hydrogen-bond acceptors (Lipinski definition) is 0. The minimum atomic E-state index is 1.27. The highest BCUT2D eigenvalue weighted by Crippen LogP contribution is 2.36. The maximum atomic E-state index is 2.37. The van der Waals surface area contributed by atoms with Crippen molar-refractivity contribution in [1.82, 2.24) is 0 Å². The molecule has 10 aliphatic rings. The Morgan fingerprint density at radius 2 is 0.397 bits per heavy atom. The van der Waals surface area contributed by atoms with Crippen molar-refractivity contribution in [3.63, 3.8) is 0 Å². The quantitative estimate of drug-likeness (QED) is 0.156. The lowest BCUT2D eigenvalue weighted by atomic mass is 9.84. The average molecular weight is 765 g/mol. The zero-order valence-electron chi connectivity index (χ0n) is 39.1. The van der Waals surface area contributed by atoms with Gasteiger partial charge in [0.25, 0.3) is 0 Å². The molecule has 15 rings (SSSR count). The molecule has 0 aliphatic heterocycles. The van der Waals surface area contributed by atoms with Crippen LogP contribution in [0.4, 0.5) is 0 Å². The van der Waals surface area contributed by atoms with Crippen LogP contribution >= 0.6 is 0 Å². The van der Waals surface area contributed by atoms with Crippen LogP contribution in [-0.2, 0) is 0 Å². The summed E-state index contributed by atoms with van der Waals surface area (Å²) in [5.74, 6) is 0. The zero-order valence-corrected chi connectivity index (χ0v) is 39.1. The fraction of sp³-hybridized carbons (Fsp3) is 0.310. The Morgan fingerprint density at radius 3 is 0.534 bits per heavy atom. The van der Waals surface area contributed by atoms with Crippen molar-refractivity contribution in [2.75, 3.05) is 0 Å². The third-order valence-corrected chi connectivity index (χ3v) is 14.1. The summed E-state index contributed by atoms with van der Waals surface area (Å²) < 4.78 is 0. The maximum Gasteiger partial charge on any atom is -0.0192 e. The maximum absolute atomic E-state index is 2.37. The number of aryl methyl sites for hydroxylation is 1. The number of rotatable bonds is 1. The lowest BCUT2D eigenvalue weighted by molar-refractivity contribution is 1.20. The van der Waals surface area contributed by atoms with Crippen LogP contribution in [0.5, 0.6) is 0 Å². The molecule has 0 atom stereocenters. The van der Waals surface area contributed by atoms with E-state index in [0.717, 1.165) is 0 Å². The van der Waals surface area contributed by atoms with Crippen LogP contribution in [0, 0.1) is 118 Å². The molecule has 0 heterocycles. The van der Waals surface area contributed by atoms with Crippen LogP contribution in [0.25, 0.3) is 54.7 Å². The molecule has 5 aromatic rings. The number of hydrogen-bond donors (Lipinski definition) is 0. The summed E-state index contributed by atoms with van der Waals surface area (Å²) in [5.41, 5.74) is 35.0. The Bertz CT molecular complexity index is 2010. The van der Waals surface area contributed by atoms with Crippen LogP contribution in [-0.4, -0.2) is 0 Å². The van der Waals surface area contributed by atoms with E-state index in [0.29, 0.717) is 0 Å².